The standard InChI is InChI=1S/C26H19N3O4S2/c30-23(31)13-20-15-34-25(27-20)29-26-28-24(32)22(35-26)12-19-10-17-8-4-5-9-18(17)11-21(19)33-14-16-6-2-1-3-7-16/h1-12,15H,13-14H2,(H,30,31)(H,27,28,29,32)/b22-12+. The highest BCUT2D eigenvalue weighted by molar-refractivity contribution is 8.18. The molecular formula is C26H19N3O4S2. The molecule has 1 aliphatic rings. The number of aromatic nitrogens is 1. The predicted octanol–water partition coefficient (Wildman–Crippen LogP) is 5.39. The highest BCUT2D eigenvalue weighted by Crippen LogP contribution is 2.34. The predicted molar refractivity (Wildman–Crippen MR) is 139 cm³/mol. The molecule has 5 rings (SSSR count). The summed E-state index contributed by atoms with van der Waals surface area (Å²) in [5.74, 6) is -0.542. The van der Waals surface area contributed by atoms with Gasteiger partial charge in [-0.2, -0.15) is 4.99 Å². The number of ether oxygens (including phenoxy) is 1. The van der Waals surface area contributed by atoms with E-state index in [0.29, 0.717) is 33.3 Å². The Morgan fingerprint density at radius 2 is 1.83 bits per heavy atom. The van der Waals surface area contributed by atoms with Crippen LogP contribution in [0.2, 0.25) is 0 Å². The summed E-state index contributed by atoms with van der Waals surface area (Å²) < 4.78 is 6.16. The number of amidine groups is 1. The van der Waals surface area contributed by atoms with Gasteiger partial charge >= 0.3 is 5.97 Å². The Balaban J connectivity index is 1.42. The third-order valence-electron chi connectivity index (χ3n) is 5.12. The minimum absolute atomic E-state index is 0.167. The van der Waals surface area contributed by atoms with Crippen LogP contribution in [0.4, 0.5) is 5.13 Å². The smallest absolute Gasteiger partial charge is 0.309 e. The molecule has 0 unspecified atom stereocenters. The van der Waals surface area contributed by atoms with E-state index in [-0.39, 0.29) is 12.3 Å². The second-order valence-corrected chi connectivity index (χ2v) is 9.55. The van der Waals surface area contributed by atoms with Gasteiger partial charge in [-0.3, -0.25) is 9.59 Å². The van der Waals surface area contributed by atoms with E-state index in [1.165, 1.54) is 23.1 Å². The number of carbonyl (C=O) groups excluding carboxylic acids is 1. The van der Waals surface area contributed by atoms with Crippen LogP contribution in [0.25, 0.3) is 16.8 Å². The molecule has 0 saturated carbocycles. The zero-order chi connectivity index (χ0) is 24.2. The highest BCUT2D eigenvalue weighted by Gasteiger charge is 2.25. The Morgan fingerprint density at radius 3 is 2.60 bits per heavy atom. The molecule has 1 amide bonds. The maximum absolute atomic E-state index is 12.7. The summed E-state index contributed by atoms with van der Waals surface area (Å²) >= 11 is 2.43. The maximum atomic E-state index is 12.7. The van der Waals surface area contributed by atoms with E-state index in [1.807, 2.05) is 66.7 Å². The van der Waals surface area contributed by atoms with Crippen molar-refractivity contribution in [3.05, 3.63) is 93.8 Å². The first-order chi connectivity index (χ1) is 17.0. The van der Waals surface area contributed by atoms with E-state index in [4.69, 9.17) is 9.84 Å². The molecule has 1 aromatic heterocycles. The minimum atomic E-state index is -0.955. The van der Waals surface area contributed by atoms with Crippen LogP contribution in [0.3, 0.4) is 0 Å². The van der Waals surface area contributed by atoms with Gasteiger partial charge in [-0.25, -0.2) is 4.98 Å². The number of rotatable bonds is 7. The fraction of sp³-hybridized carbons (Fsp3) is 0.0769. The number of aliphatic carboxylic acids is 1. The van der Waals surface area contributed by atoms with Crippen LogP contribution in [0.5, 0.6) is 5.75 Å². The summed E-state index contributed by atoms with van der Waals surface area (Å²) in [6, 6.07) is 21.9. The number of thiazole rings is 1. The van der Waals surface area contributed by atoms with Crippen molar-refractivity contribution in [2.45, 2.75) is 13.0 Å². The highest BCUT2D eigenvalue weighted by atomic mass is 32.2. The zero-order valence-electron chi connectivity index (χ0n) is 18.3. The average molecular weight is 502 g/mol. The van der Waals surface area contributed by atoms with Gasteiger partial charge in [0.1, 0.15) is 12.4 Å². The van der Waals surface area contributed by atoms with E-state index in [0.717, 1.165) is 21.9 Å². The van der Waals surface area contributed by atoms with Crippen LogP contribution in [0.15, 0.2) is 82.0 Å². The summed E-state index contributed by atoms with van der Waals surface area (Å²) in [7, 11) is 0. The molecule has 3 aromatic carbocycles. The normalized spacial score (nSPS) is 15.6. The van der Waals surface area contributed by atoms with Crippen LogP contribution in [0, 0.1) is 0 Å². The van der Waals surface area contributed by atoms with Gasteiger partial charge in [-0.15, -0.1) is 11.3 Å². The Kier molecular flexibility index (Phi) is 6.60. The Morgan fingerprint density at radius 1 is 1.09 bits per heavy atom. The monoisotopic (exact) mass is 501 g/mol. The van der Waals surface area contributed by atoms with Gasteiger partial charge in [0.15, 0.2) is 5.17 Å². The number of carboxylic acids is 1. The van der Waals surface area contributed by atoms with Gasteiger partial charge in [0, 0.05) is 10.9 Å². The van der Waals surface area contributed by atoms with Crippen molar-refractivity contribution < 1.29 is 19.4 Å². The third-order valence-corrected chi connectivity index (χ3v) is 6.82. The molecule has 1 aliphatic heterocycles. The first-order valence-electron chi connectivity index (χ1n) is 10.7. The van der Waals surface area contributed by atoms with Crippen molar-refractivity contribution in [2.24, 2.45) is 4.99 Å². The number of hydrogen-bond acceptors (Lipinski definition) is 7. The molecule has 0 atom stereocenters. The van der Waals surface area contributed by atoms with Crippen LogP contribution in [0.1, 0.15) is 16.8 Å². The molecule has 0 spiro atoms. The van der Waals surface area contributed by atoms with Crippen molar-refractivity contribution in [3.63, 3.8) is 0 Å². The molecule has 174 valence electrons. The summed E-state index contributed by atoms with van der Waals surface area (Å²) in [4.78, 5) is 32.6. The lowest BCUT2D eigenvalue weighted by atomic mass is 10.1. The quantitative estimate of drug-likeness (QED) is 0.329. The second kappa shape index (κ2) is 10.1. The molecule has 7 nitrogen and oxygen atoms in total. The topological polar surface area (TPSA) is 101 Å². The lowest BCUT2D eigenvalue weighted by Crippen LogP contribution is -2.19. The summed E-state index contributed by atoms with van der Waals surface area (Å²) in [6.45, 7) is 0.407. The number of nitrogens with zero attached hydrogens (tertiary/aromatic N) is 2. The van der Waals surface area contributed by atoms with Crippen molar-refractivity contribution in [3.8, 4) is 5.75 Å². The molecule has 4 aromatic rings. The molecule has 0 aliphatic carbocycles. The molecular weight excluding hydrogens is 482 g/mol. The molecule has 35 heavy (non-hydrogen) atoms. The van der Waals surface area contributed by atoms with E-state index >= 15 is 0 Å². The Hall–Kier alpha value is -3.95. The zero-order valence-corrected chi connectivity index (χ0v) is 19.9. The number of hydrogen-bond donors (Lipinski definition) is 2. The lowest BCUT2D eigenvalue weighted by molar-refractivity contribution is -0.136. The number of amides is 1. The average Bonchev–Trinajstić information content (AvgIpc) is 3.43. The summed E-state index contributed by atoms with van der Waals surface area (Å²) in [5.41, 5.74) is 2.27. The lowest BCUT2D eigenvalue weighted by Gasteiger charge is -2.12. The van der Waals surface area contributed by atoms with Gasteiger partial charge in [-0.05, 0) is 46.3 Å². The SMILES string of the molecule is O=C(O)Cc1csc(N=C2NC(=O)/C(=C\c3cc4ccccc4cc3OCc3ccccc3)S2)n1. The second-order valence-electron chi connectivity index (χ2n) is 7.69. The van der Waals surface area contributed by atoms with Crippen molar-refractivity contribution in [1.29, 1.82) is 0 Å². The first-order valence-corrected chi connectivity index (χ1v) is 12.4. The third kappa shape index (κ3) is 5.59. The molecule has 0 radical (unpaired) electrons. The van der Waals surface area contributed by atoms with Gasteiger partial charge < -0.3 is 15.2 Å². The van der Waals surface area contributed by atoms with Gasteiger partial charge in [0.2, 0.25) is 5.13 Å². The number of carbonyl (C=O) groups is 2. The molecule has 2 heterocycles. The van der Waals surface area contributed by atoms with Crippen LogP contribution in [-0.4, -0.2) is 27.1 Å². The minimum Gasteiger partial charge on any atom is -0.488 e. The Bertz CT molecular complexity index is 1480. The van der Waals surface area contributed by atoms with E-state index in [1.54, 1.807) is 11.5 Å². The number of aliphatic imine (C=N–C) groups is 1. The summed E-state index contributed by atoms with van der Waals surface area (Å²) in [5, 5.41) is 16.2. The van der Waals surface area contributed by atoms with Crippen LogP contribution in [-0.2, 0) is 22.6 Å². The van der Waals surface area contributed by atoms with E-state index in [9.17, 15) is 9.59 Å². The van der Waals surface area contributed by atoms with Crippen LogP contribution < -0.4 is 10.1 Å². The molecule has 1 fully saturated rings. The maximum Gasteiger partial charge on any atom is 0.309 e. The number of benzene rings is 3. The number of fused-ring (bicyclic) bond motifs is 1. The van der Waals surface area contributed by atoms with Gasteiger partial charge in [-0.1, -0.05) is 54.6 Å². The Labute approximate surface area is 209 Å². The van der Waals surface area contributed by atoms with Gasteiger partial charge in [0.25, 0.3) is 5.91 Å². The number of nitrogens with one attached hydrogen (secondary N) is 1. The van der Waals surface area contributed by atoms with Crippen molar-refractivity contribution in [2.75, 3.05) is 0 Å². The number of carboxylic acid groups (broad SMARTS) is 1. The molecule has 0 bridgehead atoms. The fourth-order valence-electron chi connectivity index (χ4n) is 3.50. The molecule has 2 N–H and O–H groups in total. The fourth-order valence-corrected chi connectivity index (χ4v) is 5.07. The van der Waals surface area contributed by atoms with E-state index in [2.05, 4.69) is 15.3 Å². The number of thioether (sulfide) groups is 1. The van der Waals surface area contributed by atoms with Crippen molar-refractivity contribution >= 4 is 62.1 Å². The first kappa shape index (κ1) is 22.8. The van der Waals surface area contributed by atoms with Crippen LogP contribution >= 0.6 is 23.1 Å². The van der Waals surface area contributed by atoms with Crippen molar-refractivity contribution in [1.82, 2.24) is 10.3 Å². The van der Waals surface area contributed by atoms with Gasteiger partial charge in [0.05, 0.1) is 17.0 Å². The molecule has 9 heteroatoms. The van der Waals surface area contributed by atoms with E-state index < -0.39 is 5.97 Å². The summed E-state index contributed by atoms with van der Waals surface area (Å²) in [6.07, 6.45) is 1.63. The molecule has 1 saturated heterocycles. The largest absolute Gasteiger partial charge is 0.488 e.